The highest BCUT2D eigenvalue weighted by Crippen LogP contribution is 2.20. The van der Waals surface area contributed by atoms with Crippen molar-refractivity contribution in [2.24, 2.45) is 0 Å². The van der Waals surface area contributed by atoms with Crippen LogP contribution in [0.15, 0.2) is 36.5 Å². The van der Waals surface area contributed by atoms with Crippen molar-refractivity contribution in [3.8, 4) is 5.75 Å². The van der Waals surface area contributed by atoms with E-state index in [0.717, 1.165) is 35.7 Å². The number of phenols is 1. The summed E-state index contributed by atoms with van der Waals surface area (Å²) in [7, 11) is 0. The molecular formula is C17H23N3O. The minimum Gasteiger partial charge on any atom is -0.508 e. The SMILES string of the molecule is CCN(CC)c1ccc(NCc2cc(C)ccc2O)cn1. The number of hydrogen-bond donors (Lipinski definition) is 2. The molecule has 2 rings (SSSR count). The van der Waals surface area contributed by atoms with Crippen LogP contribution in [-0.2, 0) is 6.54 Å². The second-order valence-electron chi connectivity index (χ2n) is 5.06. The lowest BCUT2D eigenvalue weighted by Crippen LogP contribution is -2.22. The Morgan fingerprint density at radius 2 is 1.90 bits per heavy atom. The third-order valence-electron chi connectivity index (χ3n) is 3.55. The highest BCUT2D eigenvalue weighted by atomic mass is 16.3. The number of rotatable bonds is 6. The van der Waals surface area contributed by atoms with Crippen molar-refractivity contribution in [1.82, 2.24) is 4.98 Å². The van der Waals surface area contributed by atoms with Crippen molar-refractivity contribution < 1.29 is 5.11 Å². The average Bonchev–Trinajstić information content (AvgIpc) is 2.51. The molecule has 0 amide bonds. The first-order valence-electron chi connectivity index (χ1n) is 7.37. The van der Waals surface area contributed by atoms with Crippen LogP contribution in [0.2, 0.25) is 0 Å². The van der Waals surface area contributed by atoms with Crippen LogP contribution in [0.1, 0.15) is 25.0 Å². The predicted octanol–water partition coefficient (Wildman–Crippen LogP) is 3.55. The Morgan fingerprint density at radius 1 is 1.14 bits per heavy atom. The van der Waals surface area contributed by atoms with Crippen LogP contribution in [0.3, 0.4) is 0 Å². The number of hydrogen-bond acceptors (Lipinski definition) is 4. The fourth-order valence-corrected chi connectivity index (χ4v) is 2.28. The molecule has 4 heteroatoms. The molecule has 0 unspecified atom stereocenters. The summed E-state index contributed by atoms with van der Waals surface area (Å²) in [4.78, 5) is 6.68. The van der Waals surface area contributed by atoms with Gasteiger partial charge in [0.05, 0.1) is 11.9 Å². The molecule has 0 saturated heterocycles. The number of phenolic OH excluding ortho intramolecular Hbond substituents is 1. The maximum atomic E-state index is 9.83. The lowest BCUT2D eigenvalue weighted by atomic mass is 10.1. The minimum atomic E-state index is 0.320. The Kier molecular flexibility index (Phi) is 5.04. The predicted molar refractivity (Wildman–Crippen MR) is 88.0 cm³/mol. The summed E-state index contributed by atoms with van der Waals surface area (Å²) in [5, 5.41) is 13.1. The van der Waals surface area contributed by atoms with Crippen LogP contribution in [-0.4, -0.2) is 23.2 Å². The smallest absolute Gasteiger partial charge is 0.128 e. The van der Waals surface area contributed by atoms with Gasteiger partial charge in [-0.3, -0.25) is 0 Å². The van der Waals surface area contributed by atoms with Gasteiger partial charge in [0.15, 0.2) is 0 Å². The standard InChI is InChI=1S/C17H23N3O/c1-4-20(5-2)17-9-7-15(12-19-17)18-11-14-10-13(3)6-8-16(14)21/h6-10,12,18,21H,4-5,11H2,1-3H3. The van der Waals surface area contributed by atoms with Crippen LogP contribution < -0.4 is 10.2 Å². The number of aromatic nitrogens is 1. The molecular weight excluding hydrogens is 262 g/mol. The quantitative estimate of drug-likeness (QED) is 0.852. The van der Waals surface area contributed by atoms with E-state index in [2.05, 4.69) is 29.0 Å². The zero-order chi connectivity index (χ0) is 15.2. The zero-order valence-corrected chi connectivity index (χ0v) is 12.9. The lowest BCUT2D eigenvalue weighted by Gasteiger charge is -2.19. The minimum absolute atomic E-state index is 0.320. The van der Waals surface area contributed by atoms with Gasteiger partial charge < -0.3 is 15.3 Å². The molecule has 0 radical (unpaired) electrons. The van der Waals surface area contributed by atoms with Crippen LogP contribution >= 0.6 is 0 Å². The van der Waals surface area contributed by atoms with E-state index in [0.29, 0.717) is 12.3 Å². The molecule has 21 heavy (non-hydrogen) atoms. The Bertz CT molecular complexity index is 577. The van der Waals surface area contributed by atoms with E-state index in [-0.39, 0.29) is 0 Å². The highest BCUT2D eigenvalue weighted by molar-refractivity contribution is 5.49. The van der Waals surface area contributed by atoms with Gasteiger partial charge in [-0.05, 0) is 39.0 Å². The first-order chi connectivity index (χ1) is 10.1. The molecule has 1 aromatic heterocycles. The van der Waals surface area contributed by atoms with Gasteiger partial charge in [0.1, 0.15) is 11.6 Å². The molecule has 1 heterocycles. The third-order valence-corrected chi connectivity index (χ3v) is 3.55. The third kappa shape index (κ3) is 3.88. The number of nitrogens with one attached hydrogen (secondary N) is 1. The molecule has 0 fully saturated rings. The van der Waals surface area contributed by atoms with E-state index in [1.807, 2.05) is 37.4 Å². The van der Waals surface area contributed by atoms with E-state index in [4.69, 9.17) is 0 Å². The van der Waals surface area contributed by atoms with Crippen LogP contribution in [0.4, 0.5) is 11.5 Å². The maximum Gasteiger partial charge on any atom is 0.128 e. The fraction of sp³-hybridized carbons (Fsp3) is 0.353. The van der Waals surface area contributed by atoms with Crippen LogP contribution in [0.5, 0.6) is 5.75 Å². The van der Waals surface area contributed by atoms with Crippen LogP contribution in [0.25, 0.3) is 0 Å². The summed E-state index contributed by atoms with van der Waals surface area (Å²) in [6, 6.07) is 9.66. The van der Waals surface area contributed by atoms with E-state index >= 15 is 0 Å². The van der Waals surface area contributed by atoms with E-state index < -0.39 is 0 Å². The van der Waals surface area contributed by atoms with Gasteiger partial charge in [-0.25, -0.2) is 4.98 Å². The summed E-state index contributed by atoms with van der Waals surface area (Å²) in [6.45, 7) is 8.75. The first kappa shape index (κ1) is 15.2. The summed E-state index contributed by atoms with van der Waals surface area (Å²) >= 11 is 0. The monoisotopic (exact) mass is 285 g/mol. The van der Waals surface area contributed by atoms with Crippen molar-refractivity contribution in [3.05, 3.63) is 47.7 Å². The van der Waals surface area contributed by atoms with Gasteiger partial charge in [-0.15, -0.1) is 0 Å². The van der Waals surface area contributed by atoms with Crippen LogP contribution in [0, 0.1) is 6.92 Å². The van der Waals surface area contributed by atoms with Gasteiger partial charge in [-0.1, -0.05) is 17.7 Å². The lowest BCUT2D eigenvalue weighted by molar-refractivity contribution is 0.469. The molecule has 4 nitrogen and oxygen atoms in total. The molecule has 0 saturated carbocycles. The summed E-state index contributed by atoms with van der Waals surface area (Å²) in [6.07, 6.45) is 1.83. The molecule has 0 atom stereocenters. The van der Waals surface area contributed by atoms with Gasteiger partial charge in [0.2, 0.25) is 0 Å². The van der Waals surface area contributed by atoms with Gasteiger partial charge in [-0.2, -0.15) is 0 Å². The van der Waals surface area contributed by atoms with Crippen molar-refractivity contribution in [2.75, 3.05) is 23.3 Å². The number of benzene rings is 1. The van der Waals surface area contributed by atoms with Crippen molar-refractivity contribution in [3.63, 3.8) is 0 Å². The molecule has 0 spiro atoms. The van der Waals surface area contributed by atoms with E-state index in [1.54, 1.807) is 6.07 Å². The van der Waals surface area contributed by atoms with E-state index in [1.165, 1.54) is 0 Å². The number of nitrogens with zero attached hydrogens (tertiary/aromatic N) is 2. The molecule has 2 N–H and O–H groups in total. The number of aryl methyl sites for hydroxylation is 1. The number of aromatic hydroxyl groups is 1. The molecule has 0 aliphatic rings. The average molecular weight is 285 g/mol. The summed E-state index contributed by atoms with van der Waals surface area (Å²) < 4.78 is 0. The highest BCUT2D eigenvalue weighted by Gasteiger charge is 2.04. The molecule has 2 aromatic rings. The Hall–Kier alpha value is -2.23. The van der Waals surface area contributed by atoms with Gasteiger partial charge in [0, 0.05) is 25.2 Å². The Labute approximate surface area is 126 Å². The molecule has 1 aromatic carbocycles. The van der Waals surface area contributed by atoms with Crippen molar-refractivity contribution >= 4 is 11.5 Å². The summed E-state index contributed by atoms with van der Waals surface area (Å²) in [5.74, 6) is 1.31. The Balaban J connectivity index is 2.02. The topological polar surface area (TPSA) is 48.4 Å². The molecule has 0 aliphatic heterocycles. The molecule has 112 valence electrons. The van der Waals surface area contributed by atoms with Crippen molar-refractivity contribution in [2.45, 2.75) is 27.3 Å². The second-order valence-corrected chi connectivity index (χ2v) is 5.06. The second kappa shape index (κ2) is 6.97. The molecule has 0 bridgehead atoms. The number of anilines is 2. The number of pyridine rings is 1. The summed E-state index contributed by atoms with van der Waals surface area (Å²) in [5.41, 5.74) is 2.98. The first-order valence-corrected chi connectivity index (χ1v) is 7.37. The van der Waals surface area contributed by atoms with Gasteiger partial charge >= 0.3 is 0 Å². The zero-order valence-electron chi connectivity index (χ0n) is 12.9. The Morgan fingerprint density at radius 3 is 2.52 bits per heavy atom. The largest absolute Gasteiger partial charge is 0.508 e. The normalized spacial score (nSPS) is 10.4. The van der Waals surface area contributed by atoms with E-state index in [9.17, 15) is 5.11 Å². The fourth-order valence-electron chi connectivity index (χ4n) is 2.28. The van der Waals surface area contributed by atoms with Gasteiger partial charge in [0.25, 0.3) is 0 Å². The maximum absolute atomic E-state index is 9.83. The molecule has 0 aliphatic carbocycles. The van der Waals surface area contributed by atoms with Crippen molar-refractivity contribution in [1.29, 1.82) is 0 Å².